The van der Waals surface area contributed by atoms with Crippen molar-refractivity contribution >= 4 is 40.6 Å². The van der Waals surface area contributed by atoms with Gasteiger partial charge in [-0.25, -0.2) is 0 Å². The van der Waals surface area contributed by atoms with Crippen LogP contribution in [0.25, 0.3) is 0 Å². The molecule has 0 bridgehead atoms. The summed E-state index contributed by atoms with van der Waals surface area (Å²) in [6, 6.07) is 18.3. The first-order valence-corrected chi connectivity index (χ1v) is 13.1. The van der Waals surface area contributed by atoms with E-state index in [2.05, 4.69) is 15.5 Å². The topological polar surface area (TPSA) is 78.5 Å². The molecule has 0 radical (unpaired) electrons. The SMILES string of the molecule is Cc1ccc(C(=O)[C@@H]2[C@@H]3CCCN3[C@]3(C(=O)Nc4c(C)cc(Cl)cc43)[C@@]23C(=O)Nc2ccccc23)cc1. The third-order valence-electron chi connectivity index (χ3n) is 8.99. The number of Topliss-reactive ketones (excluding diaryl/α,β-unsaturated/α-hetero) is 1. The van der Waals surface area contributed by atoms with Crippen LogP contribution in [0.3, 0.4) is 0 Å². The van der Waals surface area contributed by atoms with E-state index in [1.165, 1.54) is 0 Å². The Morgan fingerprint density at radius 3 is 2.51 bits per heavy atom. The van der Waals surface area contributed by atoms with E-state index in [-0.39, 0.29) is 23.6 Å². The summed E-state index contributed by atoms with van der Waals surface area (Å²) in [7, 11) is 0. The lowest BCUT2D eigenvalue weighted by Crippen LogP contribution is -2.62. The molecule has 4 aliphatic heterocycles. The lowest BCUT2D eigenvalue weighted by Gasteiger charge is -2.43. The normalized spacial score (nSPS) is 29.4. The minimum Gasteiger partial charge on any atom is -0.325 e. The highest BCUT2D eigenvalue weighted by Gasteiger charge is 2.81. The number of anilines is 2. The Morgan fingerprint density at radius 1 is 0.973 bits per heavy atom. The van der Waals surface area contributed by atoms with Crippen molar-refractivity contribution in [1.82, 2.24) is 4.90 Å². The van der Waals surface area contributed by atoms with Crippen LogP contribution in [0.5, 0.6) is 0 Å². The summed E-state index contributed by atoms with van der Waals surface area (Å²) in [5.41, 5.74) is 2.28. The van der Waals surface area contributed by atoms with Crippen LogP contribution < -0.4 is 10.6 Å². The van der Waals surface area contributed by atoms with Crippen molar-refractivity contribution in [2.75, 3.05) is 17.2 Å². The van der Waals surface area contributed by atoms with Gasteiger partial charge in [0.05, 0.1) is 5.92 Å². The van der Waals surface area contributed by atoms with Crippen molar-refractivity contribution in [3.63, 3.8) is 0 Å². The van der Waals surface area contributed by atoms with Gasteiger partial charge in [0.25, 0.3) is 5.91 Å². The zero-order chi connectivity index (χ0) is 25.7. The number of para-hydroxylation sites is 1. The Kier molecular flexibility index (Phi) is 4.62. The Bertz CT molecular complexity index is 1530. The molecule has 4 aliphatic rings. The molecule has 2 saturated heterocycles. The highest BCUT2D eigenvalue weighted by atomic mass is 35.5. The van der Waals surface area contributed by atoms with Crippen LogP contribution in [0, 0.1) is 19.8 Å². The summed E-state index contributed by atoms with van der Waals surface area (Å²) in [4.78, 5) is 45.6. The summed E-state index contributed by atoms with van der Waals surface area (Å²) in [6.45, 7) is 4.49. The maximum atomic E-state index is 14.5. The minimum atomic E-state index is -1.46. The third-order valence-corrected chi connectivity index (χ3v) is 9.20. The average molecular weight is 512 g/mol. The summed E-state index contributed by atoms with van der Waals surface area (Å²) < 4.78 is 0. The highest BCUT2D eigenvalue weighted by molar-refractivity contribution is 6.31. The molecule has 2 amide bonds. The number of benzene rings is 3. The first-order chi connectivity index (χ1) is 17.8. The molecule has 6 nitrogen and oxygen atoms in total. The van der Waals surface area contributed by atoms with Crippen molar-refractivity contribution in [1.29, 1.82) is 0 Å². The Balaban J connectivity index is 1.60. The van der Waals surface area contributed by atoms with E-state index in [9.17, 15) is 14.4 Å². The van der Waals surface area contributed by atoms with Crippen LogP contribution in [0.4, 0.5) is 11.4 Å². The van der Waals surface area contributed by atoms with Crippen LogP contribution in [0.15, 0.2) is 60.7 Å². The lowest BCUT2D eigenvalue weighted by atomic mass is 9.57. The van der Waals surface area contributed by atoms with Gasteiger partial charge in [-0.1, -0.05) is 59.6 Å². The van der Waals surface area contributed by atoms with Gasteiger partial charge in [-0.3, -0.25) is 19.3 Å². The van der Waals surface area contributed by atoms with Crippen LogP contribution >= 0.6 is 11.6 Å². The molecule has 4 heterocycles. The number of carbonyl (C=O) groups is 3. The second-order valence-electron chi connectivity index (χ2n) is 10.7. The molecule has 0 aromatic heterocycles. The van der Waals surface area contributed by atoms with E-state index >= 15 is 0 Å². The predicted octanol–water partition coefficient (Wildman–Crippen LogP) is 4.97. The number of carbonyl (C=O) groups excluding carboxylic acids is 3. The Hall–Kier alpha value is -3.48. The molecule has 3 aromatic carbocycles. The van der Waals surface area contributed by atoms with Gasteiger partial charge in [-0.05, 0) is 62.6 Å². The standard InChI is InChI=1S/C30H26ClN3O3/c1-16-9-11-18(12-10-16)26(35)24-23-8-5-13-34(23)30(21-15-19(31)14-17(2)25(21)33-28(30)37)29(24)20-6-3-4-7-22(20)32-27(29)36/h3-4,6-7,9-12,14-15,23-24H,5,8,13H2,1-2H3,(H,32,36)(H,33,37)/t23-,24-,29+,30+/m0/s1. The molecule has 0 aliphatic carbocycles. The molecular weight excluding hydrogens is 486 g/mol. The second kappa shape index (κ2) is 7.53. The third kappa shape index (κ3) is 2.57. The molecule has 0 unspecified atom stereocenters. The number of rotatable bonds is 2. The van der Waals surface area contributed by atoms with E-state index in [0.29, 0.717) is 39.6 Å². The zero-order valence-electron chi connectivity index (χ0n) is 20.6. The monoisotopic (exact) mass is 511 g/mol. The van der Waals surface area contributed by atoms with Gasteiger partial charge in [0.15, 0.2) is 5.78 Å². The number of nitrogens with one attached hydrogen (secondary N) is 2. The number of fused-ring (bicyclic) bond motifs is 7. The summed E-state index contributed by atoms with van der Waals surface area (Å²) in [5, 5.41) is 6.68. The molecule has 37 heavy (non-hydrogen) atoms. The fourth-order valence-corrected chi connectivity index (χ4v) is 7.98. The van der Waals surface area contributed by atoms with Gasteiger partial charge in [0, 0.05) is 33.6 Å². The summed E-state index contributed by atoms with van der Waals surface area (Å²) in [6.07, 6.45) is 1.56. The smallest absolute Gasteiger partial charge is 0.251 e. The molecule has 2 spiro atoms. The molecule has 7 heteroatoms. The van der Waals surface area contributed by atoms with E-state index in [4.69, 9.17) is 11.6 Å². The molecular formula is C30H26ClN3O3. The van der Waals surface area contributed by atoms with Crippen molar-refractivity contribution in [2.45, 2.75) is 43.7 Å². The van der Waals surface area contributed by atoms with Crippen LogP contribution in [0.1, 0.15) is 45.5 Å². The Labute approximate surface area is 220 Å². The number of ketones is 1. The first-order valence-electron chi connectivity index (χ1n) is 12.7. The van der Waals surface area contributed by atoms with E-state index in [1.807, 2.05) is 74.5 Å². The molecule has 4 atom stereocenters. The van der Waals surface area contributed by atoms with E-state index in [1.54, 1.807) is 0 Å². The van der Waals surface area contributed by atoms with E-state index < -0.39 is 16.9 Å². The highest BCUT2D eigenvalue weighted by Crippen LogP contribution is 2.68. The van der Waals surface area contributed by atoms with Gasteiger partial charge in [-0.15, -0.1) is 0 Å². The number of hydrogen-bond acceptors (Lipinski definition) is 4. The van der Waals surface area contributed by atoms with Gasteiger partial charge < -0.3 is 10.6 Å². The minimum absolute atomic E-state index is 0.111. The fraction of sp³-hybridized carbons (Fsp3) is 0.300. The maximum absolute atomic E-state index is 14.5. The molecule has 3 aromatic rings. The van der Waals surface area contributed by atoms with Gasteiger partial charge in [-0.2, -0.15) is 0 Å². The fourth-order valence-electron chi connectivity index (χ4n) is 7.71. The molecule has 2 fully saturated rings. The van der Waals surface area contributed by atoms with Crippen molar-refractivity contribution < 1.29 is 14.4 Å². The van der Waals surface area contributed by atoms with E-state index in [0.717, 1.165) is 24.0 Å². The molecule has 2 N–H and O–H groups in total. The molecule has 0 saturated carbocycles. The quantitative estimate of drug-likeness (QED) is 0.476. The number of aryl methyl sites for hydroxylation is 2. The second-order valence-corrected chi connectivity index (χ2v) is 11.2. The number of halogens is 1. The average Bonchev–Trinajstić information content (AvgIpc) is 3.59. The van der Waals surface area contributed by atoms with Crippen molar-refractivity contribution in [2.24, 2.45) is 5.92 Å². The largest absolute Gasteiger partial charge is 0.325 e. The lowest BCUT2D eigenvalue weighted by molar-refractivity contribution is -0.137. The summed E-state index contributed by atoms with van der Waals surface area (Å²) in [5.74, 6) is -1.45. The first kappa shape index (κ1) is 22.7. The van der Waals surface area contributed by atoms with Crippen LogP contribution in [0.2, 0.25) is 5.02 Å². The van der Waals surface area contributed by atoms with Crippen LogP contribution in [-0.4, -0.2) is 35.1 Å². The predicted molar refractivity (Wildman–Crippen MR) is 142 cm³/mol. The van der Waals surface area contributed by atoms with Gasteiger partial charge in [0.2, 0.25) is 5.91 Å². The molecule has 7 rings (SSSR count). The number of hydrogen-bond donors (Lipinski definition) is 2. The number of nitrogens with zero attached hydrogens (tertiary/aromatic N) is 1. The van der Waals surface area contributed by atoms with Crippen molar-refractivity contribution in [3.8, 4) is 0 Å². The molecule has 186 valence electrons. The van der Waals surface area contributed by atoms with Crippen molar-refractivity contribution in [3.05, 3.63) is 93.5 Å². The maximum Gasteiger partial charge on any atom is 0.251 e. The summed E-state index contributed by atoms with van der Waals surface area (Å²) >= 11 is 6.60. The Morgan fingerprint density at radius 2 is 1.73 bits per heavy atom. The zero-order valence-corrected chi connectivity index (χ0v) is 21.4. The van der Waals surface area contributed by atoms with Gasteiger partial charge in [0.1, 0.15) is 11.0 Å². The van der Waals surface area contributed by atoms with Crippen LogP contribution in [-0.2, 0) is 20.5 Å². The van der Waals surface area contributed by atoms with Gasteiger partial charge >= 0.3 is 0 Å². The number of amides is 2.